The maximum Gasteiger partial charge on any atom is 0.310 e. The molecule has 0 aromatic heterocycles. The molecule has 180 valence electrons. The van der Waals surface area contributed by atoms with Gasteiger partial charge in [0.25, 0.3) is 0 Å². The number of rotatable bonds is 2. The van der Waals surface area contributed by atoms with Crippen molar-refractivity contribution in [3.63, 3.8) is 0 Å². The van der Waals surface area contributed by atoms with E-state index < -0.39 is 0 Å². The van der Waals surface area contributed by atoms with Crippen LogP contribution in [-0.2, 0) is 31.9 Å². The fraction of sp³-hybridized carbons (Fsp3) is 0.310. The van der Waals surface area contributed by atoms with Crippen LogP contribution in [0.4, 0.5) is 0 Å². The van der Waals surface area contributed by atoms with Crippen molar-refractivity contribution >= 4 is 34.3 Å². The number of ketones is 2. The average molecular weight is 473 g/mol. The molecule has 0 aliphatic carbocycles. The minimum atomic E-state index is -0.379. The summed E-state index contributed by atoms with van der Waals surface area (Å²) in [6, 6.07) is 14.9. The molecule has 0 radical (unpaired) electrons. The molecule has 3 aromatic carbocycles. The predicted octanol–water partition coefficient (Wildman–Crippen LogP) is 5.27. The zero-order chi connectivity index (χ0) is 24.9. The van der Waals surface area contributed by atoms with Crippen LogP contribution >= 0.6 is 0 Å². The van der Waals surface area contributed by atoms with E-state index in [1.54, 1.807) is 6.07 Å². The molecule has 0 spiro atoms. The summed E-state index contributed by atoms with van der Waals surface area (Å²) in [6.45, 7) is 3.40. The molecule has 0 amide bonds. The van der Waals surface area contributed by atoms with Crippen LogP contribution in [0.1, 0.15) is 65.0 Å². The Morgan fingerprint density at radius 3 is 2.14 bits per heavy atom. The van der Waals surface area contributed by atoms with Crippen molar-refractivity contribution in [2.75, 3.05) is 13.2 Å². The first-order chi connectivity index (χ1) is 16.9. The number of ether oxygens (including phenoxy) is 2. The summed E-state index contributed by atoms with van der Waals surface area (Å²) in [5, 5.41) is 1.59. The van der Waals surface area contributed by atoms with E-state index >= 15 is 0 Å². The molecule has 0 fully saturated rings. The van der Waals surface area contributed by atoms with E-state index in [0.29, 0.717) is 41.5 Å². The SMILES string of the molecule is CC(=O)c1cc2c3cccc2c(c1C(C)=O)-c1ccccc1CC(=O)OCCCCOC(=O)CC3. The van der Waals surface area contributed by atoms with Crippen LogP contribution in [0.15, 0.2) is 48.5 Å². The van der Waals surface area contributed by atoms with Gasteiger partial charge in [-0.3, -0.25) is 19.2 Å². The van der Waals surface area contributed by atoms with E-state index in [1.165, 1.54) is 13.8 Å². The van der Waals surface area contributed by atoms with Crippen molar-refractivity contribution in [1.82, 2.24) is 0 Å². The lowest BCUT2D eigenvalue weighted by atomic mass is 9.83. The van der Waals surface area contributed by atoms with Gasteiger partial charge < -0.3 is 9.47 Å². The second kappa shape index (κ2) is 10.6. The monoisotopic (exact) mass is 472 g/mol. The Kier molecular flexibility index (Phi) is 7.39. The lowest BCUT2D eigenvalue weighted by Gasteiger charge is -2.19. The predicted molar refractivity (Wildman–Crippen MR) is 133 cm³/mol. The van der Waals surface area contributed by atoms with Gasteiger partial charge in [0.2, 0.25) is 0 Å². The summed E-state index contributed by atoms with van der Waals surface area (Å²) in [4.78, 5) is 50.6. The van der Waals surface area contributed by atoms with Gasteiger partial charge in [-0.1, -0.05) is 42.5 Å². The van der Waals surface area contributed by atoms with Crippen molar-refractivity contribution in [3.05, 3.63) is 70.8 Å². The van der Waals surface area contributed by atoms with E-state index in [9.17, 15) is 19.2 Å². The van der Waals surface area contributed by atoms with Crippen molar-refractivity contribution in [2.45, 2.75) is 46.0 Å². The molecule has 1 aliphatic rings. The van der Waals surface area contributed by atoms with E-state index in [-0.39, 0.29) is 49.6 Å². The van der Waals surface area contributed by atoms with Crippen molar-refractivity contribution in [3.8, 4) is 11.1 Å². The van der Waals surface area contributed by atoms with Gasteiger partial charge in [0.05, 0.1) is 19.6 Å². The zero-order valence-corrected chi connectivity index (χ0v) is 20.0. The summed E-state index contributed by atoms with van der Waals surface area (Å²) in [7, 11) is 0. The number of fused-ring (bicyclic) bond motifs is 2. The van der Waals surface area contributed by atoms with Gasteiger partial charge in [0.15, 0.2) is 11.6 Å². The van der Waals surface area contributed by atoms with Crippen molar-refractivity contribution in [1.29, 1.82) is 0 Å². The molecule has 4 bridgehead atoms. The largest absolute Gasteiger partial charge is 0.466 e. The third kappa shape index (κ3) is 5.32. The highest BCUT2D eigenvalue weighted by Crippen LogP contribution is 2.39. The first kappa shape index (κ1) is 24.3. The molecular weight excluding hydrogens is 444 g/mol. The Morgan fingerprint density at radius 2 is 1.43 bits per heavy atom. The fourth-order valence-corrected chi connectivity index (χ4v) is 4.64. The van der Waals surface area contributed by atoms with Crippen molar-refractivity contribution < 1.29 is 28.7 Å². The molecule has 0 saturated heterocycles. The minimum absolute atomic E-state index is 0.0357. The highest BCUT2D eigenvalue weighted by atomic mass is 16.5. The first-order valence-corrected chi connectivity index (χ1v) is 11.9. The molecule has 0 N–H and O–H groups in total. The lowest BCUT2D eigenvalue weighted by molar-refractivity contribution is -0.145. The molecule has 6 heteroatoms. The molecular formula is C29H28O6. The topological polar surface area (TPSA) is 86.7 Å². The number of aryl methyl sites for hydroxylation is 1. The zero-order valence-electron chi connectivity index (χ0n) is 20.0. The number of hydrogen-bond acceptors (Lipinski definition) is 6. The van der Waals surface area contributed by atoms with Crippen LogP contribution in [0.25, 0.3) is 21.9 Å². The number of benzene rings is 3. The Labute approximate surface area is 204 Å². The van der Waals surface area contributed by atoms with E-state index in [4.69, 9.17) is 9.47 Å². The first-order valence-electron chi connectivity index (χ1n) is 11.9. The highest BCUT2D eigenvalue weighted by Gasteiger charge is 2.24. The van der Waals surface area contributed by atoms with Crippen LogP contribution in [0.3, 0.4) is 0 Å². The smallest absolute Gasteiger partial charge is 0.310 e. The number of carbonyl (C=O) groups excluding carboxylic acids is 4. The third-order valence-electron chi connectivity index (χ3n) is 6.29. The standard InChI is InChI=1S/C29H28O6/c1-18(30)24-17-25-20-9-7-11-23(25)29(28(24)19(2)31)22-10-4-3-8-21(22)16-27(33)35-15-6-5-14-34-26(32)13-12-20/h3-4,7-11,17H,5-6,12-16H2,1-2H3. The van der Waals surface area contributed by atoms with Gasteiger partial charge in [0, 0.05) is 23.1 Å². The molecule has 0 saturated carbocycles. The number of Topliss-reactive ketones (excluding diaryl/α,β-unsaturated/α-hetero) is 2. The molecule has 1 aliphatic heterocycles. The maximum absolute atomic E-state index is 12.9. The summed E-state index contributed by atoms with van der Waals surface area (Å²) in [5.74, 6) is -1.14. The van der Waals surface area contributed by atoms with Crippen LogP contribution in [0.2, 0.25) is 0 Å². The maximum atomic E-state index is 12.9. The average Bonchev–Trinajstić information content (AvgIpc) is 2.83. The highest BCUT2D eigenvalue weighted by molar-refractivity contribution is 6.18. The Morgan fingerprint density at radius 1 is 0.743 bits per heavy atom. The Hall–Kier alpha value is -3.80. The lowest BCUT2D eigenvalue weighted by Crippen LogP contribution is -2.12. The summed E-state index contributed by atoms with van der Waals surface area (Å²) in [5.41, 5.74) is 3.60. The normalized spacial score (nSPS) is 15.1. The van der Waals surface area contributed by atoms with E-state index in [2.05, 4.69) is 0 Å². The molecule has 0 unspecified atom stereocenters. The Balaban J connectivity index is 2.02. The molecule has 3 aromatic rings. The number of cyclic esters (lactones) is 2. The number of esters is 2. The number of hydrogen-bond donors (Lipinski definition) is 0. The second-order valence-electron chi connectivity index (χ2n) is 8.78. The second-order valence-corrected chi connectivity index (χ2v) is 8.78. The Bertz CT molecular complexity index is 1320. The van der Waals surface area contributed by atoms with Gasteiger partial charge in [0.1, 0.15) is 0 Å². The van der Waals surface area contributed by atoms with Crippen LogP contribution in [-0.4, -0.2) is 36.7 Å². The number of carbonyl (C=O) groups is 4. The summed E-state index contributed by atoms with van der Waals surface area (Å²) >= 11 is 0. The van der Waals surface area contributed by atoms with Crippen LogP contribution in [0, 0.1) is 0 Å². The summed E-state index contributed by atoms with van der Waals surface area (Å²) in [6.07, 6.45) is 1.88. The van der Waals surface area contributed by atoms with Crippen LogP contribution < -0.4 is 0 Å². The van der Waals surface area contributed by atoms with Gasteiger partial charge in [-0.2, -0.15) is 0 Å². The molecule has 4 rings (SSSR count). The summed E-state index contributed by atoms with van der Waals surface area (Å²) < 4.78 is 10.7. The van der Waals surface area contributed by atoms with Gasteiger partial charge in [-0.15, -0.1) is 0 Å². The van der Waals surface area contributed by atoms with E-state index in [1.807, 2.05) is 42.5 Å². The van der Waals surface area contributed by atoms with Crippen LogP contribution in [0.5, 0.6) is 0 Å². The third-order valence-corrected chi connectivity index (χ3v) is 6.29. The molecule has 0 atom stereocenters. The van der Waals surface area contributed by atoms with Crippen molar-refractivity contribution in [2.24, 2.45) is 0 Å². The minimum Gasteiger partial charge on any atom is -0.466 e. The molecule has 35 heavy (non-hydrogen) atoms. The quantitative estimate of drug-likeness (QED) is 0.373. The molecule has 1 heterocycles. The molecule has 6 nitrogen and oxygen atoms in total. The van der Waals surface area contributed by atoms with Gasteiger partial charge >= 0.3 is 11.9 Å². The van der Waals surface area contributed by atoms with Gasteiger partial charge in [-0.25, -0.2) is 0 Å². The fourth-order valence-electron chi connectivity index (χ4n) is 4.64. The van der Waals surface area contributed by atoms with Gasteiger partial charge in [-0.05, 0) is 66.6 Å². The van der Waals surface area contributed by atoms with E-state index in [0.717, 1.165) is 21.9 Å².